The Balaban J connectivity index is 1.70. The molecule has 2 aliphatic rings. The quantitative estimate of drug-likeness (QED) is 0.370. The minimum Gasteiger partial charge on any atom is -0.486 e. The summed E-state index contributed by atoms with van der Waals surface area (Å²) in [5.41, 5.74) is -2.81. The molecule has 2 aromatic rings. The molecule has 2 atom stereocenters. The fraction of sp³-hybridized carbons (Fsp3) is 0.633. The summed E-state index contributed by atoms with van der Waals surface area (Å²) in [5.74, 6) is -4.66. The Morgan fingerprint density at radius 3 is 2.29 bits per heavy atom. The molecule has 1 aliphatic carbocycles. The molecule has 1 aromatic carbocycles. The number of pyridine rings is 1. The van der Waals surface area contributed by atoms with Crippen molar-refractivity contribution in [3.05, 3.63) is 39.7 Å². The van der Waals surface area contributed by atoms with Gasteiger partial charge in [0.2, 0.25) is 21.0 Å². The van der Waals surface area contributed by atoms with Gasteiger partial charge in [-0.2, -0.15) is 4.39 Å². The van der Waals surface area contributed by atoms with Crippen molar-refractivity contribution in [2.75, 3.05) is 13.2 Å². The Kier molecular flexibility index (Phi) is 8.56. The first-order valence-electron chi connectivity index (χ1n) is 14.2. The number of amides is 1. The third-order valence-electron chi connectivity index (χ3n) is 7.40. The number of likely N-dealkylation sites (tertiary alicyclic amines) is 1. The highest BCUT2D eigenvalue weighted by Gasteiger charge is 2.45. The van der Waals surface area contributed by atoms with E-state index in [0.717, 1.165) is 6.07 Å². The van der Waals surface area contributed by atoms with Gasteiger partial charge in [-0.05, 0) is 65.0 Å². The van der Waals surface area contributed by atoms with E-state index in [2.05, 4.69) is 20.8 Å². The van der Waals surface area contributed by atoms with E-state index in [-0.39, 0.29) is 44.3 Å². The molecule has 42 heavy (non-hydrogen) atoms. The zero-order chi connectivity index (χ0) is 31.4. The number of carboxylic acids is 1. The van der Waals surface area contributed by atoms with Gasteiger partial charge in [0.1, 0.15) is 17.8 Å². The topological polar surface area (TPSA) is 107 Å². The van der Waals surface area contributed by atoms with E-state index in [1.807, 2.05) is 13.8 Å². The van der Waals surface area contributed by atoms with Crippen LogP contribution >= 0.6 is 0 Å². The molecular weight excluding hydrogens is 566 g/mol. The predicted octanol–water partition coefficient (Wildman–Crippen LogP) is 5.95. The minimum absolute atomic E-state index is 0.000180. The number of ether oxygens (including phenoxy) is 2. The van der Waals surface area contributed by atoms with Gasteiger partial charge >= 0.3 is 12.1 Å². The number of carboxylic acid groups (broad SMARTS) is 1. The normalized spacial score (nSPS) is 19.8. The lowest BCUT2D eigenvalue weighted by Gasteiger charge is -2.34. The van der Waals surface area contributed by atoms with Crippen molar-refractivity contribution in [3.8, 4) is 5.75 Å². The summed E-state index contributed by atoms with van der Waals surface area (Å²) < 4.78 is 49.6. The van der Waals surface area contributed by atoms with Crippen molar-refractivity contribution in [2.45, 2.75) is 103 Å². The molecule has 2 radical (unpaired) electrons. The summed E-state index contributed by atoms with van der Waals surface area (Å²) >= 11 is 0. The monoisotopic (exact) mass is 606 g/mol. The number of hydrogen-bond donors (Lipinski definition) is 1. The highest BCUT2D eigenvalue weighted by Crippen LogP contribution is 2.41. The van der Waals surface area contributed by atoms with Gasteiger partial charge in [0, 0.05) is 24.7 Å². The van der Waals surface area contributed by atoms with Crippen LogP contribution in [0.3, 0.4) is 0 Å². The van der Waals surface area contributed by atoms with Crippen LogP contribution in [0.25, 0.3) is 10.9 Å². The molecule has 1 saturated carbocycles. The fourth-order valence-electron chi connectivity index (χ4n) is 5.02. The van der Waals surface area contributed by atoms with Crippen molar-refractivity contribution in [1.29, 1.82) is 0 Å². The smallest absolute Gasteiger partial charge is 0.410 e. The molecule has 12 heteroatoms. The maximum Gasteiger partial charge on any atom is 0.410 e. The standard InChI is InChI=1S/C30H40F2N2O7Si/c1-28(2,3)40-27(38)34-13-16(30(7,8)41-42-29(4,5)6)11-18(34)15-39-25-22(32)21(31)12-19-23(25)33(17-9-10-17)14-20(24(19)35)26(36)37/h12,14,16-18H,9-11,13,15H2,1-8H3,(H,36,37)/t16-,18+/m1/s1. The van der Waals surface area contributed by atoms with E-state index >= 15 is 4.39 Å². The molecule has 230 valence electrons. The largest absolute Gasteiger partial charge is 0.486 e. The zero-order valence-electron chi connectivity index (χ0n) is 25.5. The second-order valence-electron chi connectivity index (χ2n) is 13.8. The van der Waals surface area contributed by atoms with E-state index < -0.39 is 57.7 Å². The first-order chi connectivity index (χ1) is 19.3. The molecule has 0 unspecified atom stereocenters. The maximum atomic E-state index is 15.4. The van der Waals surface area contributed by atoms with Crippen LogP contribution in [-0.4, -0.2) is 66.8 Å². The van der Waals surface area contributed by atoms with Gasteiger partial charge in [-0.25, -0.2) is 14.0 Å². The number of carbonyl (C=O) groups is 2. The van der Waals surface area contributed by atoms with E-state index in [1.165, 1.54) is 15.7 Å². The molecule has 0 bridgehead atoms. The SMILES string of the molecule is CC(C)(C)OC(=O)N1C[C@H](C(C)(C)O[Si]C(C)(C)C)C[C@H]1COc1c(F)c(F)cc2c(=O)c(C(=O)O)cn(C3CC3)c12. The van der Waals surface area contributed by atoms with Crippen LogP contribution in [0, 0.1) is 17.6 Å². The van der Waals surface area contributed by atoms with Crippen LogP contribution < -0.4 is 10.2 Å². The highest BCUT2D eigenvalue weighted by atomic mass is 28.2. The average molecular weight is 607 g/mol. The molecule has 0 spiro atoms. The third kappa shape index (κ3) is 6.96. The first kappa shape index (κ1) is 31.9. The van der Waals surface area contributed by atoms with Crippen molar-refractivity contribution < 1.29 is 37.4 Å². The number of fused-ring (bicyclic) bond motifs is 1. The Morgan fingerprint density at radius 2 is 1.74 bits per heavy atom. The number of benzene rings is 1. The van der Waals surface area contributed by atoms with Gasteiger partial charge in [0.05, 0.1) is 22.5 Å². The van der Waals surface area contributed by atoms with Crippen molar-refractivity contribution in [1.82, 2.24) is 9.47 Å². The Bertz CT molecular complexity index is 1440. The van der Waals surface area contributed by atoms with Crippen LogP contribution in [0.4, 0.5) is 13.6 Å². The van der Waals surface area contributed by atoms with E-state index in [1.54, 1.807) is 20.8 Å². The average Bonchev–Trinajstić information content (AvgIpc) is 3.60. The molecular formula is C30H40F2N2O7Si. The fourth-order valence-corrected chi connectivity index (χ4v) is 5.76. The lowest BCUT2D eigenvalue weighted by atomic mass is 9.89. The molecule has 2 fully saturated rings. The van der Waals surface area contributed by atoms with Crippen molar-refractivity contribution >= 4 is 32.7 Å². The second-order valence-corrected chi connectivity index (χ2v) is 15.7. The third-order valence-corrected chi connectivity index (χ3v) is 8.64. The number of nitrogens with zero attached hydrogens (tertiary/aromatic N) is 2. The van der Waals surface area contributed by atoms with E-state index in [9.17, 15) is 23.9 Å². The van der Waals surface area contributed by atoms with Crippen molar-refractivity contribution in [2.24, 2.45) is 5.92 Å². The van der Waals surface area contributed by atoms with Crippen LogP contribution in [0.5, 0.6) is 5.75 Å². The minimum atomic E-state index is -1.45. The van der Waals surface area contributed by atoms with Gasteiger partial charge in [0.15, 0.2) is 11.6 Å². The van der Waals surface area contributed by atoms with Gasteiger partial charge in [-0.3, -0.25) is 4.79 Å². The van der Waals surface area contributed by atoms with Crippen LogP contribution in [0.1, 0.15) is 91.1 Å². The molecule has 1 N–H and O–H groups in total. The zero-order valence-corrected chi connectivity index (χ0v) is 26.5. The molecule has 1 amide bonds. The van der Waals surface area contributed by atoms with E-state index in [4.69, 9.17) is 13.9 Å². The lowest BCUT2D eigenvalue weighted by Crippen LogP contribution is -2.43. The van der Waals surface area contributed by atoms with Crippen LogP contribution in [-0.2, 0) is 9.16 Å². The summed E-state index contributed by atoms with van der Waals surface area (Å²) in [7, 11) is 0.220. The molecule has 1 aliphatic heterocycles. The van der Waals surface area contributed by atoms with Crippen LogP contribution in [0.2, 0.25) is 5.04 Å². The number of aromatic nitrogens is 1. The highest BCUT2D eigenvalue weighted by molar-refractivity contribution is 6.31. The second kappa shape index (κ2) is 11.3. The maximum absolute atomic E-state index is 15.4. The van der Waals surface area contributed by atoms with Crippen molar-refractivity contribution in [3.63, 3.8) is 0 Å². The summed E-state index contributed by atoms with van der Waals surface area (Å²) in [5, 5.41) is 9.23. The molecule has 1 aromatic heterocycles. The number of rotatable bonds is 8. The molecule has 4 rings (SSSR count). The summed E-state index contributed by atoms with van der Waals surface area (Å²) in [6, 6.07) is -0.0171. The van der Waals surface area contributed by atoms with Gasteiger partial charge in [-0.1, -0.05) is 20.8 Å². The lowest BCUT2D eigenvalue weighted by molar-refractivity contribution is 0.0145. The van der Waals surface area contributed by atoms with Gasteiger partial charge < -0.3 is 28.5 Å². The number of aromatic carboxylic acids is 1. The first-order valence-corrected chi connectivity index (χ1v) is 15.1. The van der Waals surface area contributed by atoms with Gasteiger partial charge in [-0.15, -0.1) is 0 Å². The number of halogens is 2. The Hall–Kier alpha value is -2.99. The molecule has 1 saturated heterocycles. The summed E-state index contributed by atoms with van der Waals surface area (Å²) in [6.45, 7) is 15.6. The number of carbonyl (C=O) groups excluding carboxylic acids is 1. The molecule has 2 heterocycles. The Morgan fingerprint density at radius 1 is 1.10 bits per heavy atom. The van der Waals surface area contributed by atoms with Crippen LogP contribution in [0.15, 0.2) is 17.1 Å². The molecule has 9 nitrogen and oxygen atoms in total. The van der Waals surface area contributed by atoms with E-state index in [0.29, 0.717) is 25.8 Å². The summed E-state index contributed by atoms with van der Waals surface area (Å²) in [6.07, 6.45) is 2.45. The summed E-state index contributed by atoms with van der Waals surface area (Å²) in [4.78, 5) is 39.5. The number of hydrogen-bond acceptors (Lipinski definition) is 6. The van der Waals surface area contributed by atoms with Gasteiger partial charge in [0.25, 0.3) is 0 Å². The Labute approximate surface area is 247 Å². The predicted molar refractivity (Wildman–Crippen MR) is 154 cm³/mol.